The van der Waals surface area contributed by atoms with E-state index in [4.69, 9.17) is 0 Å². The fourth-order valence-corrected chi connectivity index (χ4v) is 3.67. The molecule has 1 aliphatic rings. The molecular formula is C15H19N5O2S. The summed E-state index contributed by atoms with van der Waals surface area (Å²) in [6, 6.07) is -0.000498. The fraction of sp³-hybridized carbons (Fsp3) is 0.467. The molecule has 122 valence electrons. The number of aromatic amines is 1. The van der Waals surface area contributed by atoms with E-state index in [1.807, 2.05) is 18.7 Å². The molecule has 8 heteroatoms. The second kappa shape index (κ2) is 6.49. The fourth-order valence-electron chi connectivity index (χ4n) is 2.85. The largest absolute Gasteiger partial charge is 0.350 e. The maximum atomic E-state index is 12.4. The Bertz CT molecular complexity index is 769. The van der Waals surface area contributed by atoms with Gasteiger partial charge in [0.25, 0.3) is 11.5 Å². The average Bonchev–Trinajstić information content (AvgIpc) is 2.87. The van der Waals surface area contributed by atoms with Crippen LogP contribution < -0.4 is 15.8 Å². The van der Waals surface area contributed by atoms with Gasteiger partial charge in [0.1, 0.15) is 4.88 Å². The van der Waals surface area contributed by atoms with Crippen LogP contribution in [0.15, 0.2) is 17.2 Å². The third-order valence-electron chi connectivity index (χ3n) is 3.85. The summed E-state index contributed by atoms with van der Waals surface area (Å²) in [5.41, 5.74) is 0.562. The molecule has 2 aromatic heterocycles. The number of amides is 1. The zero-order valence-corrected chi connectivity index (χ0v) is 13.9. The zero-order chi connectivity index (χ0) is 16.4. The molecule has 1 fully saturated rings. The van der Waals surface area contributed by atoms with Gasteiger partial charge in [-0.25, -0.2) is 9.97 Å². The van der Waals surface area contributed by atoms with Crippen molar-refractivity contribution < 1.29 is 4.79 Å². The van der Waals surface area contributed by atoms with Crippen LogP contribution in [0.2, 0.25) is 0 Å². The Labute approximate surface area is 137 Å². The standard InChI is InChI=1S/C15H19N5O2S/c1-9-12(23-10(2)18-9)14(21)19-11-4-3-7-20(8-11)13-15(22)17-6-5-16-13/h5-6,11H,3-4,7-8H2,1-2H3,(H,17,22)(H,19,21). The van der Waals surface area contributed by atoms with Gasteiger partial charge < -0.3 is 15.2 Å². The Kier molecular flexibility index (Phi) is 4.42. The first-order valence-electron chi connectivity index (χ1n) is 7.58. The Morgan fingerprint density at radius 3 is 3.00 bits per heavy atom. The van der Waals surface area contributed by atoms with E-state index >= 15 is 0 Å². The minimum Gasteiger partial charge on any atom is -0.350 e. The highest BCUT2D eigenvalue weighted by molar-refractivity contribution is 7.13. The van der Waals surface area contributed by atoms with Gasteiger partial charge in [0, 0.05) is 31.5 Å². The summed E-state index contributed by atoms with van der Waals surface area (Å²) in [6.07, 6.45) is 4.89. The second-order valence-corrected chi connectivity index (χ2v) is 6.85. The van der Waals surface area contributed by atoms with Crippen LogP contribution in [0.5, 0.6) is 0 Å². The highest BCUT2D eigenvalue weighted by Crippen LogP contribution is 2.19. The highest BCUT2D eigenvalue weighted by atomic mass is 32.1. The molecule has 7 nitrogen and oxygen atoms in total. The van der Waals surface area contributed by atoms with Crippen LogP contribution in [-0.4, -0.2) is 40.0 Å². The molecule has 3 rings (SSSR count). The zero-order valence-electron chi connectivity index (χ0n) is 13.1. The lowest BCUT2D eigenvalue weighted by Gasteiger charge is -2.33. The number of rotatable bonds is 3. The number of nitrogens with one attached hydrogen (secondary N) is 2. The Balaban J connectivity index is 1.70. The topological polar surface area (TPSA) is 91.0 Å². The predicted molar refractivity (Wildman–Crippen MR) is 89.1 cm³/mol. The van der Waals surface area contributed by atoms with Crippen molar-refractivity contribution in [3.8, 4) is 0 Å². The molecule has 0 radical (unpaired) electrons. The molecule has 3 heterocycles. The SMILES string of the molecule is Cc1nc(C)c(C(=O)NC2CCCN(c3ncc[nH]c3=O)C2)s1. The number of piperidine rings is 1. The number of carbonyl (C=O) groups excluding carboxylic acids is 1. The number of H-pyrrole nitrogens is 1. The normalized spacial score (nSPS) is 18.0. The summed E-state index contributed by atoms with van der Waals surface area (Å²) >= 11 is 1.41. The smallest absolute Gasteiger partial charge is 0.290 e. The van der Waals surface area contributed by atoms with Crippen molar-refractivity contribution in [2.24, 2.45) is 0 Å². The summed E-state index contributed by atoms with van der Waals surface area (Å²) in [5, 5.41) is 3.95. The summed E-state index contributed by atoms with van der Waals surface area (Å²) in [7, 11) is 0. The molecular weight excluding hydrogens is 314 g/mol. The molecule has 2 N–H and O–H groups in total. The lowest BCUT2D eigenvalue weighted by molar-refractivity contribution is 0.0936. The lowest BCUT2D eigenvalue weighted by atomic mass is 10.1. The third kappa shape index (κ3) is 3.42. The van der Waals surface area contributed by atoms with Gasteiger partial charge in [-0.1, -0.05) is 0 Å². The molecule has 0 bridgehead atoms. The minimum atomic E-state index is -0.201. The number of nitrogens with zero attached hydrogens (tertiary/aromatic N) is 3. The second-order valence-electron chi connectivity index (χ2n) is 5.65. The number of aromatic nitrogens is 3. The minimum absolute atomic E-state index is 0.000498. The van der Waals surface area contributed by atoms with Crippen LogP contribution in [0.25, 0.3) is 0 Å². The highest BCUT2D eigenvalue weighted by Gasteiger charge is 2.25. The molecule has 0 aromatic carbocycles. The molecule has 1 aliphatic heterocycles. The molecule has 2 aromatic rings. The number of hydrogen-bond acceptors (Lipinski definition) is 6. The van der Waals surface area contributed by atoms with Crippen molar-refractivity contribution >= 4 is 23.1 Å². The van der Waals surface area contributed by atoms with E-state index in [9.17, 15) is 9.59 Å². The van der Waals surface area contributed by atoms with E-state index in [0.29, 0.717) is 17.2 Å². The Morgan fingerprint density at radius 1 is 1.48 bits per heavy atom. The number of aryl methyl sites for hydroxylation is 2. The molecule has 0 saturated carbocycles. The number of hydrogen-bond donors (Lipinski definition) is 2. The number of thiazole rings is 1. The van der Waals surface area contributed by atoms with Gasteiger partial charge in [-0.15, -0.1) is 11.3 Å². The van der Waals surface area contributed by atoms with Crippen LogP contribution in [0, 0.1) is 13.8 Å². The van der Waals surface area contributed by atoms with Gasteiger partial charge in [0.2, 0.25) is 0 Å². The van der Waals surface area contributed by atoms with Crippen LogP contribution in [0.1, 0.15) is 33.2 Å². The molecule has 0 spiro atoms. The maximum absolute atomic E-state index is 12.4. The van der Waals surface area contributed by atoms with Crippen molar-refractivity contribution in [3.63, 3.8) is 0 Å². The number of anilines is 1. The van der Waals surface area contributed by atoms with Gasteiger partial charge in [-0.05, 0) is 26.7 Å². The van der Waals surface area contributed by atoms with E-state index in [2.05, 4.69) is 20.3 Å². The van der Waals surface area contributed by atoms with Crippen molar-refractivity contribution in [2.45, 2.75) is 32.7 Å². The first kappa shape index (κ1) is 15.7. The summed E-state index contributed by atoms with van der Waals surface area (Å²) in [6.45, 7) is 5.09. The van der Waals surface area contributed by atoms with Gasteiger partial charge in [-0.2, -0.15) is 0 Å². The maximum Gasteiger partial charge on any atom is 0.290 e. The van der Waals surface area contributed by atoms with E-state index < -0.39 is 0 Å². The van der Waals surface area contributed by atoms with E-state index in [1.165, 1.54) is 17.5 Å². The van der Waals surface area contributed by atoms with Crippen LogP contribution in [-0.2, 0) is 0 Å². The molecule has 0 aliphatic carbocycles. The third-order valence-corrected chi connectivity index (χ3v) is 4.93. The number of carbonyl (C=O) groups is 1. The Morgan fingerprint density at radius 2 is 2.30 bits per heavy atom. The average molecular weight is 333 g/mol. The van der Waals surface area contributed by atoms with E-state index in [0.717, 1.165) is 30.1 Å². The molecule has 1 atom stereocenters. The molecule has 1 saturated heterocycles. The Hall–Kier alpha value is -2.22. The monoisotopic (exact) mass is 333 g/mol. The van der Waals surface area contributed by atoms with E-state index in [1.54, 1.807) is 6.20 Å². The van der Waals surface area contributed by atoms with Gasteiger partial charge in [0.15, 0.2) is 5.82 Å². The summed E-state index contributed by atoms with van der Waals surface area (Å²) in [4.78, 5) is 37.9. The lowest BCUT2D eigenvalue weighted by Crippen LogP contribution is -2.49. The predicted octanol–water partition coefficient (Wildman–Crippen LogP) is 1.24. The quantitative estimate of drug-likeness (QED) is 0.882. The van der Waals surface area contributed by atoms with Gasteiger partial charge in [0.05, 0.1) is 10.7 Å². The van der Waals surface area contributed by atoms with Crippen molar-refractivity contribution in [1.29, 1.82) is 0 Å². The van der Waals surface area contributed by atoms with Crippen molar-refractivity contribution in [3.05, 3.63) is 38.3 Å². The molecule has 1 unspecified atom stereocenters. The summed E-state index contributed by atoms with van der Waals surface area (Å²) < 4.78 is 0. The van der Waals surface area contributed by atoms with E-state index in [-0.39, 0.29) is 17.5 Å². The molecule has 1 amide bonds. The van der Waals surface area contributed by atoms with Crippen LogP contribution >= 0.6 is 11.3 Å². The summed E-state index contributed by atoms with van der Waals surface area (Å²) in [5.74, 6) is 0.325. The van der Waals surface area contributed by atoms with Crippen molar-refractivity contribution in [1.82, 2.24) is 20.3 Å². The van der Waals surface area contributed by atoms with Crippen LogP contribution in [0.4, 0.5) is 5.82 Å². The van der Waals surface area contributed by atoms with Gasteiger partial charge in [-0.3, -0.25) is 9.59 Å². The van der Waals surface area contributed by atoms with Crippen molar-refractivity contribution in [2.75, 3.05) is 18.0 Å². The first-order valence-corrected chi connectivity index (χ1v) is 8.40. The van der Waals surface area contributed by atoms with Crippen LogP contribution in [0.3, 0.4) is 0 Å². The molecule has 23 heavy (non-hydrogen) atoms. The first-order chi connectivity index (χ1) is 11.0. The van der Waals surface area contributed by atoms with Gasteiger partial charge >= 0.3 is 0 Å².